The smallest absolute Gasteiger partial charge is 0.136 e. The van der Waals surface area contributed by atoms with Gasteiger partial charge in [-0.1, -0.05) is 4.49 Å². The first-order valence-corrected chi connectivity index (χ1v) is 6.53. The van der Waals surface area contributed by atoms with Gasteiger partial charge in [-0.15, -0.1) is 16.9 Å². The molecule has 1 N–H and O–H groups in total. The molecule has 0 saturated heterocycles. The van der Waals surface area contributed by atoms with E-state index in [0.717, 1.165) is 22.8 Å². The lowest BCUT2D eigenvalue weighted by Gasteiger charge is -2.02. The van der Waals surface area contributed by atoms with E-state index in [1.807, 2.05) is 0 Å². The molecule has 1 heterocycles. The normalized spacial score (nSPS) is 10.5. The summed E-state index contributed by atoms with van der Waals surface area (Å²) < 4.78 is 30.1. The SMILES string of the molecule is CNc1snnc1CSc1cc(F)ccc1F. The predicted octanol–water partition coefficient (Wildman–Crippen LogP) is 3.15. The van der Waals surface area contributed by atoms with Crippen LogP contribution in [-0.4, -0.2) is 16.6 Å². The number of benzene rings is 1. The molecule has 0 radical (unpaired) electrons. The number of nitrogens with zero attached hydrogens (tertiary/aromatic N) is 2. The van der Waals surface area contributed by atoms with Gasteiger partial charge >= 0.3 is 0 Å². The molecule has 3 nitrogen and oxygen atoms in total. The lowest BCUT2D eigenvalue weighted by Crippen LogP contribution is -1.91. The Morgan fingerprint density at radius 3 is 3.00 bits per heavy atom. The van der Waals surface area contributed by atoms with E-state index in [4.69, 9.17) is 0 Å². The highest BCUT2D eigenvalue weighted by Gasteiger charge is 2.09. The lowest BCUT2D eigenvalue weighted by atomic mass is 10.3. The minimum absolute atomic E-state index is 0.278. The maximum atomic E-state index is 13.3. The Labute approximate surface area is 105 Å². The van der Waals surface area contributed by atoms with Crippen LogP contribution in [0.1, 0.15) is 5.69 Å². The summed E-state index contributed by atoms with van der Waals surface area (Å²) in [7, 11) is 1.77. The van der Waals surface area contributed by atoms with Crippen molar-refractivity contribution < 1.29 is 8.78 Å². The summed E-state index contributed by atoms with van der Waals surface area (Å²) in [6.45, 7) is 0. The second-order valence-corrected chi connectivity index (χ2v) is 4.93. The Balaban J connectivity index is 2.09. The summed E-state index contributed by atoms with van der Waals surface area (Å²) in [5.41, 5.74) is 0.742. The molecular formula is C10H9F2N3S2. The van der Waals surface area contributed by atoms with Crippen molar-refractivity contribution in [3.63, 3.8) is 0 Å². The van der Waals surface area contributed by atoms with Gasteiger partial charge in [0.25, 0.3) is 0 Å². The summed E-state index contributed by atoms with van der Waals surface area (Å²) in [6.07, 6.45) is 0. The van der Waals surface area contributed by atoms with E-state index in [2.05, 4.69) is 14.9 Å². The first-order valence-electron chi connectivity index (χ1n) is 4.77. The van der Waals surface area contributed by atoms with Crippen molar-refractivity contribution in [3.8, 4) is 0 Å². The molecule has 1 aromatic carbocycles. The maximum absolute atomic E-state index is 13.3. The van der Waals surface area contributed by atoms with E-state index < -0.39 is 11.6 Å². The van der Waals surface area contributed by atoms with E-state index in [9.17, 15) is 8.78 Å². The van der Waals surface area contributed by atoms with Gasteiger partial charge in [-0.2, -0.15) is 0 Å². The zero-order chi connectivity index (χ0) is 12.3. The van der Waals surface area contributed by atoms with E-state index in [-0.39, 0.29) is 4.90 Å². The van der Waals surface area contributed by atoms with E-state index in [1.54, 1.807) is 7.05 Å². The zero-order valence-electron chi connectivity index (χ0n) is 8.91. The number of anilines is 1. The minimum Gasteiger partial charge on any atom is -0.377 e. The maximum Gasteiger partial charge on any atom is 0.136 e. The Kier molecular flexibility index (Phi) is 3.90. The molecule has 0 aliphatic rings. The van der Waals surface area contributed by atoms with Gasteiger partial charge in [0.15, 0.2) is 0 Å². The fourth-order valence-corrected chi connectivity index (χ4v) is 2.75. The molecular weight excluding hydrogens is 264 g/mol. The fraction of sp³-hybridized carbons (Fsp3) is 0.200. The Bertz CT molecular complexity index is 516. The average Bonchev–Trinajstić information content (AvgIpc) is 2.77. The Hall–Kier alpha value is -1.21. The summed E-state index contributed by atoms with van der Waals surface area (Å²) in [5.74, 6) is -0.419. The molecule has 2 rings (SSSR count). The van der Waals surface area contributed by atoms with Gasteiger partial charge in [0.2, 0.25) is 0 Å². The van der Waals surface area contributed by atoms with Crippen molar-refractivity contribution in [2.75, 3.05) is 12.4 Å². The number of nitrogens with one attached hydrogen (secondary N) is 1. The monoisotopic (exact) mass is 273 g/mol. The van der Waals surface area contributed by atoms with Gasteiger partial charge in [-0.25, -0.2) is 8.78 Å². The molecule has 90 valence electrons. The second-order valence-electron chi connectivity index (χ2n) is 3.16. The molecule has 0 fully saturated rings. The van der Waals surface area contributed by atoms with Crippen molar-refractivity contribution >= 4 is 28.3 Å². The van der Waals surface area contributed by atoms with Crippen LogP contribution in [0.3, 0.4) is 0 Å². The van der Waals surface area contributed by atoms with Crippen molar-refractivity contribution in [1.29, 1.82) is 0 Å². The predicted molar refractivity (Wildman–Crippen MR) is 65.4 cm³/mol. The van der Waals surface area contributed by atoms with Gasteiger partial charge in [0.1, 0.15) is 22.3 Å². The van der Waals surface area contributed by atoms with Crippen LogP contribution in [0.4, 0.5) is 13.8 Å². The molecule has 7 heteroatoms. The van der Waals surface area contributed by atoms with Crippen LogP contribution >= 0.6 is 23.3 Å². The van der Waals surface area contributed by atoms with Crippen LogP contribution in [0, 0.1) is 11.6 Å². The van der Waals surface area contributed by atoms with Crippen LogP contribution in [0.15, 0.2) is 23.1 Å². The highest BCUT2D eigenvalue weighted by Crippen LogP contribution is 2.29. The first-order chi connectivity index (χ1) is 8.20. The van der Waals surface area contributed by atoms with Crippen LogP contribution in [0.2, 0.25) is 0 Å². The number of thioether (sulfide) groups is 1. The summed E-state index contributed by atoms with van der Waals surface area (Å²) in [4.78, 5) is 0.278. The number of rotatable bonds is 4. The van der Waals surface area contributed by atoms with Gasteiger partial charge in [0, 0.05) is 29.2 Å². The molecule has 0 unspecified atom stereocenters. The molecule has 0 saturated carbocycles. The molecule has 0 bridgehead atoms. The molecule has 0 aliphatic carbocycles. The van der Waals surface area contributed by atoms with Crippen molar-refractivity contribution in [1.82, 2.24) is 9.59 Å². The third-order valence-corrected chi connectivity index (χ3v) is 3.87. The Morgan fingerprint density at radius 2 is 2.24 bits per heavy atom. The van der Waals surface area contributed by atoms with E-state index in [0.29, 0.717) is 5.75 Å². The van der Waals surface area contributed by atoms with Crippen molar-refractivity contribution in [2.24, 2.45) is 0 Å². The van der Waals surface area contributed by atoms with Crippen LogP contribution < -0.4 is 5.32 Å². The van der Waals surface area contributed by atoms with Crippen LogP contribution in [-0.2, 0) is 5.75 Å². The molecule has 0 aliphatic heterocycles. The molecule has 2 aromatic rings. The number of hydrogen-bond acceptors (Lipinski definition) is 5. The Morgan fingerprint density at radius 1 is 1.41 bits per heavy atom. The molecule has 1 aromatic heterocycles. The topological polar surface area (TPSA) is 37.8 Å². The fourth-order valence-electron chi connectivity index (χ4n) is 1.23. The summed E-state index contributed by atoms with van der Waals surface area (Å²) >= 11 is 2.44. The summed E-state index contributed by atoms with van der Waals surface area (Å²) in [5, 5.41) is 7.72. The standard InChI is InChI=1S/C10H9F2N3S2/c1-13-10-8(14-15-17-10)5-16-9-4-6(11)2-3-7(9)12/h2-4,13H,5H2,1H3. The van der Waals surface area contributed by atoms with Crippen LogP contribution in [0.5, 0.6) is 0 Å². The third kappa shape index (κ3) is 2.92. The average molecular weight is 273 g/mol. The van der Waals surface area contributed by atoms with Crippen molar-refractivity contribution in [3.05, 3.63) is 35.5 Å². The molecule has 17 heavy (non-hydrogen) atoms. The lowest BCUT2D eigenvalue weighted by molar-refractivity contribution is 0.577. The molecule has 0 amide bonds. The number of halogens is 2. The molecule has 0 atom stereocenters. The van der Waals surface area contributed by atoms with Crippen LogP contribution in [0.25, 0.3) is 0 Å². The zero-order valence-corrected chi connectivity index (χ0v) is 10.5. The van der Waals surface area contributed by atoms with E-state index in [1.165, 1.54) is 29.4 Å². The number of hydrogen-bond donors (Lipinski definition) is 1. The second kappa shape index (κ2) is 5.42. The minimum atomic E-state index is -0.445. The first kappa shape index (κ1) is 12.3. The van der Waals surface area contributed by atoms with Gasteiger partial charge in [-0.05, 0) is 18.2 Å². The van der Waals surface area contributed by atoms with Crippen molar-refractivity contribution in [2.45, 2.75) is 10.6 Å². The number of aromatic nitrogens is 2. The van der Waals surface area contributed by atoms with Gasteiger partial charge < -0.3 is 5.32 Å². The van der Waals surface area contributed by atoms with Gasteiger partial charge in [0.05, 0.1) is 0 Å². The third-order valence-electron chi connectivity index (χ3n) is 2.04. The molecule has 0 spiro atoms. The highest BCUT2D eigenvalue weighted by molar-refractivity contribution is 7.98. The largest absolute Gasteiger partial charge is 0.377 e. The van der Waals surface area contributed by atoms with E-state index >= 15 is 0 Å². The quantitative estimate of drug-likeness (QED) is 0.868. The highest BCUT2D eigenvalue weighted by atomic mass is 32.2. The van der Waals surface area contributed by atoms with Gasteiger partial charge in [-0.3, -0.25) is 0 Å². The summed E-state index contributed by atoms with van der Waals surface area (Å²) in [6, 6.07) is 3.40.